The third-order valence-corrected chi connectivity index (χ3v) is 5.66. The lowest BCUT2D eigenvalue weighted by molar-refractivity contribution is -0.375. The number of aromatic amines is 2. The van der Waals surface area contributed by atoms with Crippen molar-refractivity contribution in [3.63, 3.8) is 0 Å². The molecule has 2 aliphatic rings. The number of hydrogen-bond acceptors (Lipinski definition) is 4. The average Bonchev–Trinajstić information content (AvgIpc) is 3.15. The van der Waals surface area contributed by atoms with E-state index in [9.17, 15) is 4.79 Å². The van der Waals surface area contributed by atoms with Gasteiger partial charge in [0.2, 0.25) is 0 Å². The van der Waals surface area contributed by atoms with Crippen LogP contribution in [0.1, 0.15) is 24.5 Å². The maximum absolute atomic E-state index is 11.9. The Morgan fingerprint density at radius 2 is 1.97 bits per heavy atom. The summed E-state index contributed by atoms with van der Waals surface area (Å²) in [5.41, 5.74) is 4.76. The Labute approximate surface area is 187 Å². The number of aromatic nitrogens is 2. The third-order valence-electron chi connectivity index (χ3n) is 5.66. The maximum Gasteiger partial charge on any atom is 0.335 e. The lowest BCUT2D eigenvalue weighted by atomic mass is 10.1. The van der Waals surface area contributed by atoms with Gasteiger partial charge < -0.3 is 19.2 Å². The summed E-state index contributed by atoms with van der Waals surface area (Å²) in [5.74, 6) is 0.480. The van der Waals surface area contributed by atoms with Crippen molar-refractivity contribution in [3.05, 3.63) is 72.2 Å². The molecule has 1 aliphatic heterocycles. The molecule has 0 saturated heterocycles. The highest BCUT2D eigenvalue weighted by atomic mass is 16.6. The molecule has 1 unspecified atom stereocenters. The van der Waals surface area contributed by atoms with Gasteiger partial charge in [0, 0.05) is 36.7 Å². The molecular weight excluding hydrogens is 404 g/mol. The number of carbonyl (C=O) groups is 1. The van der Waals surface area contributed by atoms with Crippen molar-refractivity contribution in [2.24, 2.45) is 0 Å². The van der Waals surface area contributed by atoms with Crippen molar-refractivity contribution in [2.45, 2.75) is 32.3 Å². The van der Waals surface area contributed by atoms with E-state index in [0.29, 0.717) is 19.6 Å². The number of hydrogen-bond donors (Lipinski definition) is 1. The highest BCUT2D eigenvalue weighted by Crippen LogP contribution is 2.37. The van der Waals surface area contributed by atoms with Crippen LogP contribution in [0, 0.1) is 0 Å². The SMILES string of the molecule is CCOC(=O)C(Cc1ccc(OCCCc2c3[nH]cccc-3c3cc[nH+]cc23)cc1)OC. The van der Waals surface area contributed by atoms with Crippen LogP contribution in [-0.4, -0.2) is 37.4 Å². The molecule has 2 aromatic rings. The van der Waals surface area contributed by atoms with Crippen LogP contribution >= 0.6 is 0 Å². The molecule has 1 atom stereocenters. The van der Waals surface area contributed by atoms with Crippen molar-refractivity contribution in [2.75, 3.05) is 20.3 Å². The van der Waals surface area contributed by atoms with Gasteiger partial charge in [0.05, 0.1) is 24.3 Å². The molecule has 1 aromatic heterocycles. The zero-order chi connectivity index (χ0) is 22.3. The molecule has 2 N–H and O–H groups in total. The summed E-state index contributed by atoms with van der Waals surface area (Å²) in [5, 5.41) is 2.52. The minimum absolute atomic E-state index is 0.335. The van der Waals surface area contributed by atoms with Gasteiger partial charge in [-0.15, -0.1) is 0 Å². The first-order valence-electron chi connectivity index (χ1n) is 11.0. The standard InChI is InChI=1S/C26H28N2O4/c1-3-31-26(29)24(30-2)16-18-8-10-19(11-9-18)32-15-5-7-22-23-17-27-14-12-20(23)21-6-4-13-28-25(21)22/h4,6,8-14,17,24,28H,3,5,7,15-16H2,1-2H3/p+1. The number of esters is 1. The number of aryl methyl sites for hydroxylation is 1. The fourth-order valence-electron chi connectivity index (χ4n) is 4.09. The molecule has 1 aliphatic carbocycles. The number of methoxy groups -OCH3 is 1. The van der Waals surface area contributed by atoms with E-state index in [0.717, 1.165) is 24.2 Å². The smallest absolute Gasteiger partial charge is 0.335 e. The Morgan fingerprint density at radius 3 is 2.75 bits per heavy atom. The highest BCUT2D eigenvalue weighted by molar-refractivity contribution is 6.03. The van der Waals surface area contributed by atoms with Crippen molar-refractivity contribution in [1.29, 1.82) is 0 Å². The van der Waals surface area contributed by atoms with E-state index >= 15 is 0 Å². The maximum atomic E-state index is 11.9. The molecule has 0 saturated carbocycles. The van der Waals surface area contributed by atoms with E-state index in [4.69, 9.17) is 14.2 Å². The first-order valence-corrected chi connectivity index (χ1v) is 11.0. The Morgan fingerprint density at radius 1 is 1.12 bits per heavy atom. The number of pyridine rings is 2. The van der Waals surface area contributed by atoms with Crippen LogP contribution in [0.4, 0.5) is 0 Å². The third kappa shape index (κ3) is 4.75. The van der Waals surface area contributed by atoms with E-state index in [1.165, 1.54) is 34.7 Å². The van der Waals surface area contributed by atoms with Crippen molar-refractivity contribution >= 4 is 16.7 Å². The van der Waals surface area contributed by atoms with Crippen LogP contribution in [0.5, 0.6) is 5.75 Å². The molecule has 0 spiro atoms. The van der Waals surface area contributed by atoms with Crippen molar-refractivity contribution in [1.82, 2.24) is 4.98 Å². The summed E-state index contributed by atoms with van der Waals surface area (Å²) in [4.78, 5) is 18.5. The second-order valence-electron chi connectivity index (χ2n) is 7.69. The van der Waals surface area contributed by atoms with Gasteiger partial charge in [-0.25, -0.2) is 9.78 Å². The van der Waals surface area contributed by atoms with Gasteiger partial charge in [0.1, 0.15) is 5.75 Å². The lowest BCUT2D eigenvalue weighted by Gasteiger charge is -2.14. The fourth-order valence-corrected chi connectivity index (χ4v) is 4.09. The summed E-state index contributed by atoms with van der Waals surface area (Å²) in [6, 6.07) is 14.1. The van der Waals surface area contributed by atoms with E-state index < -0.39 is 6.10 Å². The minimum Gasteiger partial charge on any atom is -0.494 e. The van der Waals surface area contributed by atoms with Crippen molar-refractivity contribution < 1.29 is 24.0 Å². The van der Waals surface area contributed by atoms with Gasteiger partial charge in [0.15, 0.2) is 18.5 Å². The second kappa shape index (κ2) is 10.3. The molecule has 0 fully saturated rings. The van der Waals surface area contributed by atoms with Crippen LogP contribution in [0.15, 0.2) is 61.1 Å². The summed E-state index contributed by atoms with van der Waals surface area (Å²) < 4.78 is 16.3. The number of nitrogens with one attached hydrogen (secondary N) is 2. The largest absolute Gasteiger partial charge is 0.494 e. The van der Waals surface area contributed by atoms with Gasteiger partial charge in [-0.05, 0) is 49.1 Å². The molecule has 4 rings (SSSR count). The molecule has 1 aromatic carbocycles. The Kier molecular flexibility index (Phi) is 7.02. The molecule has 32 heavy (non-hydrogen) atoms. The molecule has 6 heteroatoms. The summed E-state index contributed by atoms with van der Waals surface area (Å²) in [7, 11) is 1.52. The predicted octanol–water partition coefficient (Wildman–Crippen LogP) is 4.22. The predicted molar refractivity (Wildman–Crippen MR) is 123 cm³/mol. The summed E-state index contributed by atoms with van der Waals surface area (Å²) in [6.45, 7) is 2.76. The van der Waals surface area contributed by atoms with E-state index in [1.807, 2.05) is 42.7 Å². The molecule has 166 valence electrons. The molecule has 0 amide bonds. The van der Waals surface area contributed by atoms with E-state index in [-0.39, 0.29) is 5.97 Å². The summed E-state index contributed by atoms with van der Waals surface area (Å²) >= 11 is 0. The molecule has 0 radical (unpaired) electrons. The number of H-pyrrole nitrogens is 2. The zero-order valence-corrected chi connectivity index (χ0v) is 18.5. The van der Waals surface area contributed by atoms with Crippen LogP contribution in [0.3, 0.4) is 0 Å². The van der Waals surface area contributed by atoms with Gasteiger partial charge in [-0.2, -0.15) is 0 Å². The number of benzene rings is 1. The number of fused-ring (bicyclic) bond motifs is 3. The highest BCUT2D eigenvalue weighted by Gasteiger charge is 2.20. The van der Waals surface area contributed by atoms with Gasteiger partial charge >= 0.3 is 5.97 Å². The Hall–Kier alpha value is -3.38. The first-order chi connectivity index (χ1) is 15.7. The molecule has 0 bridgehead atoms. The topological polar surface area (TPSA) is 74.7 Å². The first kappa shape index (κ1) is 21.8. The lowest BCUT2D eigenvalue weighted by Crippen LogP contribution is -2.27. The number of rotatable bonds is 10. The second-order valence-corrected chi connectivity index (χ2v) is 7.69. The van der Waals surface area contributed by atoms with Crippen LogP contribution < -0.4 is 9.72 Å². The number of ether oxygens (including phenoxy) is 3. The van der Waals surface area contributed by atoms with Gasteiger partial charge in [0.25, 0.3) is 0 Å². The number of carbonyl (C=O) groups excluding carboxylic acids is 1. The molecule has 6 nitrogen and oxygen atoms in total. The molecule has 2 heterocycles. The molecular formula is C26H29N2O4+. The minimum atomic E-state index is -0.593. The van der Waals surface area contributed by atoms with Crippen LogP contribution in [-0.2, 0) is 27.1 Å². The van der Waals surface area contributed by atoms with Gasteiger partial charge in [-0.1, -0.05) is 18.2 Å². The average molecular weight is 434 g/mol. The van der Waals surface area contributed by atoms with Gasteiger partial charge in [-0.3, -0.25) is 0 Å². The normalized spacial score (nSPS) is 12.2. The quantitative estimate of drug-likeness (QED) is 0.300. The Bertz CT molecular complexity index is 1140. The fraction of sp³-hybridized carbons (Fsp3) is 0.308. The van der Waals surface area contributed by atoms with Crippen LogP contribution in [0.25, 0.3) is 22.0 Å². The van der Waals surface area contributed by atoms with E-state index in [2.05, 4.69) is 28.3 Å². The van der Waals surface area contributed by atoms with Crippen molar-refractivity contribution in [3.8, 4) is 17.0 Å². The van der Waals surface area contributed by atoms with Crippen LogP contribution in [0.2, 0.25) is 0 Å². The Balaban J connectivity index is 1.33. The zero-order valence-electron chi connectivity index (χ0n) is 18.5. The van der Waals surface area contributed by atoms with E-state index in [1.54, 1.807) is 6.92 Å². The monoisotopic (exact) mass is 433 g/mol. The summed E-state index contributed by atoms with van der Waals surface area (Å²) in [6.07, 6.45) is 7.72.